The third-order valence-electron chi connectivity index (χ3n) is 4.17. The highest BCUT2D eigenvalue weighted by molar-refractivity contribution is 5.91. The fourth-order valence-corrected chi connectivity index (χ4v) is 3.06. The first-order valence-corrected chi connectivity index (χ1v) is 8.09. The molecule has 1 saturated heterocycles. The lowest BCUT2D eigenvalue weighted by Gasteiger charge is -2.34. The number of piperidine rings is 1. The molecule has 0 N–H and O–H groups in total. The second kappa shape index (κ2) is 7.49. The molecule has 0 radical (unpaired) electrons. The molecule has 5 nitrogen and oxygen atoms in total. The van der Waals surface area contributed by atoms with Gasteiger partial charge in [-0.1, -0.05) is 13.8 Å². The van der Waals surface area contributed by atoms with Crippen molar-refractivity contribution in [3.05, 3.63) is 29.8 Å². The minimum absolute atomic E-state index is 0.110. The summed E-state index contributed by atoms with van der Waals surface area (Å²) in [5.74, 6) is 0.428. The predicted molar refractivity (Wildman–Crippen MR) is 90.6 cm³/mol. The molecule has 2 unspecified atom stereocenters. The van der Waals surface area contributed by atoms with Gasteiger partial charge in [-0.15, -0.1) is 0 Å². The standard InChI is InChI=1S/C18H26N2O3/c1-13-9-14(2)11-20(10-13)17(21)12-23-18(22)15-5-7-16(8-6-15)19(3)4/h5-8,13-14H,9-12H2,1-4H3. The van der Waals surface area contributed by atoms with E-state index < -0.39 is 5.97 Å². The molecule has 126 valence electrons. The summed E-state index contributed by atoms with van der Waals surface area (Å²) in [7, 11) is 3.87. The van der Waals surface area contributed by atoms with Crippen LogP contribution in [0.3, 0.4) is 0 Å². The molecule has 1 amide bonds. The van der Waals surface area contributed by atoms with Crippen molar-refractivity contribution in [3.8, 4) is 0 Å². The normalized spacial score (nSPS) is 21.0. The van der Waals surface area contributed by atoms with E-state index in [1.165, 1.54) is 0 Å². The summed E-state index contributed by atoms with van der Waals surface area (Å²) in [6.45, 7) is 5.60. The van der Waals surface area contributed by atoms with Crippen LogP contribution in [0, 0.1) is 11.8 Å². The van der Waals surface area contributed by atoms with Crippen molar-refractivity contribution in [3.63, 3.8) is 0 Å². The Hall–Kier alpha value is -2.04. The number of rotatable bonds is 4. The SMILES string of the molecule is CC1CC(C)CN(C(=O)COC(=O)c2ccc(N(C)C)cc2)C1. The van der Waals surface area contributed by atoms with E-state index >= 15 is 0 Å². The molecule has 0 spiro atoms. The summed E-state index contributed by atoms with van der Waals surface area (Å²) < 4.78 is 5.17. The molecule has 1 heterocycles. The van der Waals surface area contributed by atoms with Gasteiger partial charge in [0.2, 0.25) is 0 Å². The number of hydrogen-bond donors (Lipinski definition) is 0. The van der Waals surface area contributed by atoms with Crippen LogP contribution >= 0.6 is 0 Å². The first-order chi connectivity index (χ1) is 10.9. The first-order valence-electron chi connectivity index (χ1n) is 8.09. The van der Waals surface area contributed by atoms with Crippen LogP contribution in [0.1, 0.15) is 30.6 Å². The van der Waals surface area contributed by atoms with E-state index in [1.54, 1.807) is 17.0 Å². The topological polar surface area (TPSA) is 49.9 Å². The van der Waals surface area contributed by atoms with E-state index in [-0.39, 0.29) is 12.5 Å². The maximum absolute atomic E-state index is 12.2. The Balaban J connectivity index is 1.87. The van der Waals surface area contributed by atoms with Crippen LogP contribution in [0.15, 0.2) is 24.3 Å². The average Bonchev–Trinajstić information content (AvgIpc) is 2.51. The van der Waals surface area contributed by atoms with Gasteiger partial charge in [-0.2, -0.15) is 0 Å². The summed E-state index contributed by atoms with van der Waals surface area (Å²) in [6, 6.07) is 7.14. The van der Waals surface area contributed by atoms with Gasteiger partial charge in [0, 0.05) is 32.9 Å². The molecule has 0 aromatic heterocycles. The van der Waals surface area contributed by atoms with Gasteiger partial charge in [0.15, 0.2) is 6.61 Å². The number of benzene rings is 1. The average molecular weight is 318 g/mol. The highest BCUT2D eigenvalue weighted by atomic mass is 16.5. The van der Waals surface area contributed by atoms with Gasteiger partial charge in [-0.05, 0) is 42.5 Å². The molecule has 2 rings (SSSR count). The molecule has 1 aromatic rings. The maximum atomic E-state index is 12.2. The molecule has 1 aliphatic heterocycles. The van der Waals surface area contributed by atoms with Gasteiger partial charge in [0.25, 0.3) is 5.91 Å². The smallest absolute Gasteiger partial charge is 0.338 e. The fraction of sp³-hybridized carbons (Fsp3) is 0.556. The van der Waals surface area contributed by atoms with Gasteiger partial charge >= 0.3 is 5.97 Å². The second-order valence-electron chi connectivity index (χ2n) is 6.76. The van der Waals surface area contributed by atoms with Crippen molar-refractivity contribution in [2.75, 3.05) is 38.7 Å². The first kappa shape index (κ1) is 17.3. The molecular formula is C18H26N2O3. The number of likely N-dealkylation sites (tertiary alicyclic amines) is 1. The molecule has 0 bridgehead atoms. The fourth-order valence-electron chi connectivity index (χ4n) is 3.06. The highest BCUT2D eigenvalue weighted by Crippen LogP contribution is 2.21. The van der Waals surface area contributed by atoms with E-state index in [4.69, 9.17) is 4.74 Å². The molecule has 1 fully saturated rings. The molecular weight excluding hydrogens is 292 g/mol. The van der Waals surface area contributed by atoms with Crippen LogP contribution in [-0.4, -0.2) is 50.6 Å². The van der Waals surface area contributed by atoms with Crippen molar-refractivity contribution in [2.24, 2.45) is 11.8 Å². The number of amides is 1. The van der Waals surface area contributed by atoms with Crippen LogP contribution in [0.4, 0.5) is 5.69 Å². The monoisotopic (exact) mass is 318 g/mol. The van der Waals surface area contributed by atoms with Gasteiger partial charge in [0.1, 0.15) is 0 Å². The van der Waals surface area contributed by atoms with Gasteiger partial charge in [0.05, 0.1) is 5.56 Å². The van der Waals surface area contributed by atoms with Gasteiger partial charge in [-0.3, -0.25) is 4.79 Å². The minimum Gasteiger partial charge on any atom is -0.452 e. The molecule has 0 saturated carbocycles. The van der Waals surface area contributed by atoms with Crippen molar-refractivity contribution in [2.45, 2.75) is 20.3 Å². The maximum Gasteiger partial charge on any atom is 0.338 e. The lowest BCUT2D eigenvalue weighted by molar-refractivity contribution is -0.137. The molecule has 23 heavy (non-hydrogen) atoms. The molecule has 2 atom stereocenters. The Morgan fingerprint density at radius 3 is 2.22 bits per heavy atom. The molecule has 1 aliphatic rings. The van der Waals surface area contributed by atoms with Crippen molar-refractivity contribution < 1.29 is 14.3 Å². The number of anilines is 1. The second-order valence-corrected chi connectivity index (χ2v) is 6.76. The summed E-state index contributed by atoms with van der Waals surface area (Å²) in [6.07, 6.45) is 1.14. The van der Waals surface area contributed by atoms with Crippen LogP contribution in [0.5, 0.6) is 0 Å². The zero-order valence-corrected chi connectivity index (χ0v) is 14.4. The van der Waals surface area contributed by atoms with E-state index in [0.717, 1.165) is 25.2 Å². The van der Waals surface area contributed by atoms with Crippen molar-refractivity contribution in [1.82, 2.24) is 4.90 Å². The Morgan fingerprint density at radius 1 is 1.13 bits per heavy atom. The van der Waals surface area contributed by atoms with Gasteiger partial charge in [-0.25, -0.2) is 4.79 Å². The Bertz CT molecular complexity index is 544. The zero-order chi connectivity index (χ0) is 17.0. The summed E-state index contributed by atoms with van der Waals surface area (Å²) in [4.78, 5) is 28.0. The zero-order valence-electron chi connectivity index (χ0n) is 14.4. The number of esters is 1. The van der Waals surface area contributed by atoms with Crippen LogP contribution in [0.25, 0.3) is 0 Å². The number of carbonyl (C=O) groups is 2. The number of carbonyl (C=O) groups excluding carboxylic acids is 2. The van der Waals surface area contributed by atoms with E-state index in [2.05, 4.69) is 13.8 Å². The minimum atomic E-state index is -0.457. The van der Waals surface area contributed by atoms with Crippen LogP contribution < -0.4 is 4.90 Å². The Labute approximate surface area is 138 Å². The Kier molecular flexibility index (Phi) is 5.64. The quantitative estimate of drug-likeness (QED) is 0.800. The van der Waals surface area contributed by atoms with E-state index in [9.17, 15) is 9.59 Å². The van der Waals surface area contributed by atoms with Crippen LogP contribution in [0.2, 0.25) is 0 Å². The summed E-state index contributed by atoms with van der Waals surface area (Å²) in [5, 5.41) is 0. The number of ether oxygens (including phenoxy) is 1. The van der Waals surface area contributed by atoms with Crippen molar-refractivity contribution >= 4 is 17.6 Å². The van der Waals surface area contributed by atoms with Gasteiger partial charge < -0.3 is 14.5 Å². The van der Waals surface area contributed by atoms with E-state index in [1.807, 2.05) is 31.1 Å². The molecule has 0 aliphatic carbocycles. The predicted octanol–water partition coefficient (Wildman–Crippen LogP) is 2.41. The lowest BCUT2D eigenvalue weighted by Crippen LogP contribution is -2.44. The van der Waals surface area contributed by atoms with E-state index in [0.29, 0.717) is 17.4 Å². The Morgan fingerprint density at radius 2 is 1.70 bits per heavy atom. The number of nitrogens with zero attached hydrogens (tertiary/aromatic N) is 2. The largest absolute Gasteiger partial charge is 0.452 e. The third kappa shape index (κ3) is 4.71. The summed E-state index contributed by atoms with van der Waals surface area (Å²) >= 11 is 0. The number of hydrogen-bond acceptors (Lipinski definition) is 4. The molecule has 5 heteroatoms. The lowest BCUT2D eigenvalue weighted by atomic mass is 9.92. The van der Waals surface area contributed by atoms with Crippen LogP contribution in [-0.2, 0) is 9.53 Å². The highest BCUT2D eigenvalue weighted by Gasteiger charge is 2.26. The summed E-state index contributed by atoms with van der Waals surface area (Å²) in [5.41, 5.74) is 1.47. The third-order valence-corrected chi connectivity index (χ3v) is 4.17. The van der Waals surface area contributed by atoms with Crippen molar-refractivity contribution in [1.29, 1.82) is 0 Å². The molecule has 1 aromatic carbocycles.